The number of hydrogen-bond donors (Lipinski definition) is 1. The van der Waals surface area contributed by atoms with Crippen molar-refractivity contribution in [2.24, 2.45) is 22.7 Å². The van der Waals surface area contributed by atoms with Crippen LogP contribution in [0.4, 0.5) is 0 Å². The smallest absolute Gasteiger partial charge is 0.217 e. The number of hydrogen-bond acceptors (Lipinski definition) is 7. The van der Waals surface area contributed by atoms with Crippen molar-refractivity contribution in [2.75, 3.05) is 0 Å². The van der Waals surface area contributed by atoms with E-state index in [2.05, 4.69) is 25.1 Å². The third kappa shape index (κ3) is 2.05. The average Bonchev–Trinajstić information content (AvgIpc) is 3.20. The molecule has 6 nitrogen and oxygen atoms in total. The van der Waals surface area contributed by atoms with Gasteiger partial charge < -0.3 is 9.47 Å². The Bertz CT molecular complexity index is 937. The molecule has 1 aliphatic carbocycles. The minimum atomic E-state index is -1.83. The lowest BCUT2D eigenvalue weighted by molar-refractivity contribution is -0.298. The van der Waals surface area contributed by atoms with Gasteiger partial charge in [0, 0.05) is 11.3 Å². The third-order valence-electron chi connectivity index (χ3n) is 6.86. The van der Waals surface area contributed by atoms with Gasteiger partial charge in [0.25, 0.3) is 0 Å². The molecule has 4 rings (SSSR count). The van der Waals surface area contributed by atoms with Crippen LogP contribution in [0.1, 0.15) is 55.6 Å². The molecule has 28 heavy (non-hydrogen) atoms. The van der Waals surface area contributed by atoms with E-state index in [4.69, 9.17) is 14.9 Å². The average molecular weight is 395 g/mol. The first kappa shape index (κ1) is 18.9. The summed E-state index contributed by atoms with van der Waals surface area (Å²) in [4.78, 5) is 0.759. The molecule has 1 saturated carbocycles. The maximum Gasteiger partial charge on any atom is 0.217 e. The fraction of sp³-hybridized carbons (Fsp3) is 0.619. The normalized spacial score (nSPS) is 37.8. The van der Waals surface area contributed by atoms with Gasteiger partial charge in [-0.3, -0.25) is 5.41 Å². The predicted octanol–water partition coefficient (Wildman–Crippen LogP) is 4.59. The Balaban J connectivity index is 1.94. The zero-order chi connectivity index (χ0) is 20.2. The molecule has 0 amide bonds. The molecule has 0 spiro atoms. The molecule has 0 aromatic carbocycles. The number of ether oxygens (including phenoxy) is 2. The van der Waals surface area contributed by atoms with Crippen LogP contribution in [0.15, 0.2) is 11.4 Å². The summed E-state index contributed by atoms with van der Waals surface area (Å²) in [5.41, 5.74) is -2.53. The Morgan fingerprint density at radius 2 is 2.04 bits per heavy atom. The summed E-state index contributed by atoms with van der Waals surface area (Å²) < 4.78 is 12.4. The molecular weight excluding hydrogens is 372 g/mol. The summed E-state index contributed by atoms with van der Waals surface area (Å²) in [6, 6.07) is 8.44. The Hall–Kier alpha value is -2.40. The summed E-state index contributed by atoms with van der Waals surface area (Å²) in [6.07, 6.45) is 3.22. The summed E-state index contributed by atoms with van der Waals surface area (Å²) in [6.45, 7) is 4.03. The molecule has 1 aromatic heterocycles. The molecule has 2 aliphatic heterocycles. The monoisotopic (exact) mass is 394 g/mol. The lowest BCUT2D eigenvalue weighted by Gasteiger charge is -2.52. The van der Waals surface area contributed by atoms with E-state index in [-0.39, 0.29) is 5.90 Å². The number of rotatable bonds is 3. The highest BCUT2D eigenvalue weighted by Crippen LogP contribution is 2.70. The van der Waals surface area contributed by atoms with Gasteiger partial charge in [0.05, 0.1) is 24.1 Å². The van der Waals surface area contributed by atoms with Gasteiger partial charge in [0.1, 0.15) is 6.10 Å². The number of nitriles is 3. The zero-order valence-corrected chi connectivity index (χ0v) is 16.8. The number of nitrogens with zero attached hydrogens (tertiary/aromatic N) is 3. The lowest BCUT2D eigenvalue weighted by atomic mass is 9.51. The van der Waals surface area contributed by atoms with Crippen LogP contribution in [-0.2, 0) is 9.47 Å². The first-order chi connectivity index (χ1) is 13.4. The van der Waals surface area contributed by atoms with E-state index in [1.165, 1.54) is 11.3 Å². The minimum Gasteiger partial charge on any atom is -0.447 e. The van der Waals surface area contributed by atoms with E-state index >= 15 is 0 Å². The third-order valence-corrected chi connectivity index (χ3v) is 7.92. The Morgan fingerprint density at radius 3 is 2.61 bits per heavy atom. The molecule has 1 N–H and O–H groups in total. The van der Waals surface area contributed by atoms with Gasteiger partial charge in [-0.15, -0.1) is 11.3 Å². The number of thiophene rings is 1. The largest absolute Gasteiger partial charge is 0.447 e. The Labute approximate surface area is 168 Å². The van der Waals surface area contributed by atoms with Gasteiger partial charge in [-0.05, 0) is 42.7 Å². The predicted molar refractivity (Wildman–Crippen MR) is 102 cm³/mol. The summed E-state index contributed by atoms with van der Waals surface area (Å²) >= 11 is 1.41. The van der Waals surface area contributed by atoms with E-state index in [9.17, 15) is 15.8 Å². The van der Waals surface area contributed by atoms with Crippen molar-refractivity contribution in [2.45, 2.75) is 57.8 Å². The highest BCUT2D eigenvalue weighted by atomic mass is 32.1. The molecule has 2 bridgehead atoms. The van der Waals surface area contributed by atoms with E-state index in [1.54, 1.807) is 0 Å². The Kier molecular flexibility index (Phi) is 4.27. The molecule has 1 aromatic rings. The highest BCUT2D eigenvalue weighted by molar-refractivity contribution is 7.10. The van der Waals surface area contributed by atoms with Gasteiger partial charge in [-0.1, -0.05) is 19.8 Å². The van der Waals surface area contributed by atoms with Crippen LogP contribution in [0.3, 0.4) is 0 Å². The molecule has 3 fully saturated rings. The van der Waals surface area contributed by atoms with Gasteiger partial charge in [-0.25, -0.2) is 0 Å². The number of aryl methyl sites for hydroxylation is 1. The molecule has 5 unspecified atom stereocenters. The van der Waals surface area contributed by atoms with Gasteiger partial charge in [-0.2, -0.15) is 15.8 Å². The first-order valence-corrected chi connectivity index (χ1v) is 10.6. The van der Waals surface area contributed by atoms with Crippen molar-refractivity contribution >= 4 is 17.2 Å². The van der Waals surface area contributed by atoms with E-state index in [0.29, 0.717) is 18.8 Å². The summed E-state index contributed by atoms with van der Waals surface area (Å²) in [5, 5.41) is 41.3. The van der Waals surface area contributed by atoms with Gasteiger partial charge >= 0.3 is 0 Å². The number of nitrogens with one attached hydrogen (secondary N) is 1. The van der Waals surface area contributed by atoms with Crippen LogP contribution >= 0.6 is 11.3 Å². The Morgan fingerprint density at radius 1 is 1.29 bits per heavy atom. The topological polar surface area (TPSA) is 114 Å². The van der Waals surface area contributed by atoms with E-state index in [0.717, 1.165) is 29.7 Å². The lowest BCUT2D eigenvalue weighted by Crippen LogP contribution is -2.61. The summed E-state index contributed by atoms with van der Waals surface area (Å²) in [7, 11) is 0. The molecule has 5 atom stereocenters. The van der Waals surface area contributed by atoms with Crippen molar-refractivity contribution in [3.8, 4) is 18.2 Å². The quantitative estimate of drug-likeness (QED) is 0.805. The molecule has 3 aliphatic rings. The molecule has 144 valence electrons. The molecular formula is C21H22N4O2S. The van der Waals surface area contributed by atoms with Crippen molar-refractivity contribution in [3.63, 3.8) is 0 Å². The van der Waals surface area contributed by atoms with E-state index < -0.39 is 28.6 Å². The van der Waals surface area contributed by atoms with Gasteiger partial charge in [0.15, 0.2) is 5.41 Å². The maximum atomic E-state index is 10.3. The molecule has 2 saturated heterocycles. The first-order valence-electron chi connectivity index (χ1n) is 9.68. The fourth-order valence-corrected chi connectivity index (χ4v) is 6.49. The van der Waals surface area contributed by atoms with Crippen molar-refractivity contribution in [3.05, 3.63) is 21.9 Å². The second-order valence-electron chi connectivity index (χ2n) is 8.14. The SMILES string of the molecule is CCCC1CCC23OC(=N)C(C#N)(C2C1)C(C#N)(C#N)C(c1sccc1C)O3. The minimum absolute atomic E-state index is 0.281. The second-order valence-corrected chi connectivity index (χ2v) is 9.09. The van der Waals surface area contributed by atoms with Crippen LogP contribution in [0.25, 0.3) is 0 Å². The fourth-order valence-electron chi connectivity index (χ4n) is 5.47. The maximum absolute atomic E-state index is 10.3. The van der Waals surface area contributed by atoms with E-state index in [1.807, 2.05) is 18.4 Å². The molecule has 7 heteroatoms. The molecule has 0 radical (unpaired) electrons. The van der Waals surface area contributed by atoms with Crippen molar-refractivity contribution in [1.29, 1.82) is 21.2 Å². The second kappa shape index (κ2) is 6.31. The van der Waals surface area contributed by atoms with Crippen LogP contribution in [0.2, 0.25) is 0 Å². The van der Waals surface area contributed by atoms with Gasteiger partial charge in [0.2, 0.25) is 17.1 Å². The standard InChI is InChI=1S/C21H22N4O2S/c1-3-4-14-5-7-21-15(9-14)20(12-24,18(25)27-21)19(10-22,11-23)17(26-21)16-13(2)6-8-28-16/h6,8,14-15,17,25H,3-5,7,9H2,1-2H3. The van der Waals surface area contributed by atoms with Crippen molar-refractivity contribution < 1.29 is 9.47 Å². The molecule has 3 heterocycles. The zero-order valence-electron chi connectivity index (χ0n) is 16.0. The van der Waals surface area contributed by atoms with Crippen LogP contribution < -0.4 is 0 Å². The van der Waals surface area contributed by atoms with Crippen LogP contribution in [0.5, 0.6) is 0 Å². The summed E-state index contributed by atoms with van der Waals surface area (Å²) in [5.74, 6) is -1.49. The van der Waals surface area contributed by atoms with Crippen molar-refractivity contribution in [1.82, 2.24) is 0 Å². The van der Waals surface area contributed by atoms with Crippen LogP contribution in [0, 0.1) is 69.0 Å². The van der Waals surface area contributed by atoms with Crippen LogP contribution in [-0.4, -0.2) is 11.7 Å². The highest BCUT2D eigenvalue weighted by Gasteiger charge is 2.81.